The summed E-state index contributed by atoms with van der Waals surface area (Å²) < 4.78 is 0. The minimum Gasteiger partial charge on any atom is -0.370 e. The van der Waals surface area contributed by atoms with E-state index in [1.807, 2.05) is 6.07 Å². The molecule has 0 aliphatic carbocycles. The molecule has 0 aliphatic rings. The molecule has 5 heteroatoms. The minimum absolute atomic E-state index is 0.247. The summed E-state index contributed by atoms with van der Waals surface area (Å²) in [6.45, 7) is 10.5. The van der Waals surface area contributed by atoms with Crippen molar-refractivity contribution in [1.29, 1.82) is 0 Å². The number of aromatic nitrogens is 2. The number of hydrogen-bond acceptors (Lipinski definition) is 5. The van der Waals surface area contributed by atoms with Crippen LogP contribution in [-0.2, 0) is 0 Å². The van der Waals surface area contributed by atoms with Crippen molar-refractivity contribution in [3.05, 3.63) is 6.07 Å². The van der Waals surface area contributed by atoms with Crippen molar-refractivity contribution in [2.75, 3.05) is 29.5 Å². The number of nitrogen functional groups attached to an aromatic ring is 1. The van der Waals surface area contributed by atoms with E-state index in [1.54, 1.807) is 0 Å². The molecule has 0 aromatic carbocycles. The van der Waals surface area contributed by atoms with Crippen LogP contribution in [0.3, 0.4) is 0 Å². The third-order valence-corrected chi connectivity index (χ3v) is 3.00. The molecule has 0 aliphatic heterocycles. The van der Waals surface area contributed by atoms with Gasteiger partial charge in [0.25, 0.3) is 0 Å². The molecule has 5 nitrogen and oxygen atoms in total. The predicted octanol–water partition coefficient (Wildman–Crippen LogP) is 2.73. The maximum atomic E-state index is 5.70. The van der Waals surface area contributed by atoms with Crippen LogP contribution in [0.1, 0.15) is 40.5 Å². The average Bonchev–Trinajstić information content (AvgIpc) is 2.33. The fraction of sp³-hybridized carbons (Fsp3) is 0.692. The zero-order valence-corrected chi connectivity index (χ0v) is 11.9. The zero-order chi connectivity index (χ0) is 13.6. The van der Waals surface area contributed by atoms with Crippen LogP contribution in [-0.4, -0.2) is 23.1 Å². The molecule has 0 spiro atoms. The Morgan fingerprint density at radius 2 is 1.78 bits per heavy atom. The van der Waals surface area contributed by atoms with Crippen LogP contribution in [0.5, 0.6) is 0 Å². The first-order valence-electron chi connectivity index (χ1n) is 6.59. The van der Waals surface area contributed by atoms with E-state index in [2.05, 4.69) is 48.3 Å². The molecule has 1 aromatic rings. The van der Waals surface area contributed by atoms with Gasteiger partial charge in [-0.3, -0.25) is 0 Å². The molecule has 4 N–H and O–H groups in total. The number of nitrogens with two attached hydrogens (primary N) is 1. The SMILES string of the molecule is CCCNc1cc(NCC(C)(C)CC)nc(N)n1. The molecule has 0 unspecified atom stereocenters. The third-order valence-electron chi connectivity index (χ3n) is 3.00. The summed E-state index contributed by atoms with van der Waals surface area (Å²) in [4.78, 5) is 8.35. The van der Waals surface area contributed by atoms with Crippen molar-refractivity contribution in [2.24, 2.45) is 5.41 Å². The van der Waals surface area contributed by atoms with E-state index in [0.717, 1.165) is 37.6 Å². The molecular weight excluding hydrogens is 226 g/mol. The van der Waals surface area contributed by atoms with Gasteiger partial charge >= 0.3 is 0 Å². The van der Waals surface area contributed by atoms with Crippen LogP contribution >= 0.6 is 0 Å². The zero-order valence-electron chi connectivity index (χ0n) is 11.9. The lowest BCUT2D eigenvalue weighted by molar-refractivity contribution is 0.376. The van der Waals surface area contributed by atoms with Crippen molar-refractivity contribution in [1.82, 2.24) is 9.97 Å². The minimum atomic E-state index is 0.247. The topological polar surface area (TPSA) is 75.9 Å². The first kappa shape index (κ1) is 14.5. The Morgan fingerprint density at radius 1 is 1.17 bits per heavy atom. The van der Waals surface area contributed by atoms with Gasteiger partial charge in [0.15, 0.2) is 0 Å². The molecule has 0 amide bonds. The Bertz CT molecular complexity index is 376. The molecule has 1 rings (SSSR count). The monoisotopic (exact) mass is 251 g/mol. The first-order valence-corrected chi connectivity index (χ1v) is 6.59. The van der Waals surface area contributed by atoms with Gasteiger partial charge in [0, 0.05) is 19.2 Å². The summed E-state index contributed by atoms with van der Waals surface area (Å²) in [5, 5.41) is 6.54. The summed E-state index contributed by atoms with van der Waals surface area (Å²) in [6.07, 6.45) is 2.16. The lowest BCUT2D eigenvalue weighted by atomic mass is 9.90. The number of hydrogen-bond donors (Lipinski definition) is 3. The van der Waals surface area contributed by atoms with Crippen molar-refractivity contribution in [3.8, 4) is 0 Å². The number of nitrogens with zero attached hydrogens (tertiary/aromatic N) is 2. The van der Waals surface area contributed by atoms with E-state index < -0.39 is 0 Å². The van der Waals surface area contributed by atoms with Crippen LogP contribution in [0.2, 0.25) is 0 Å². The normalized spacial score (nSPS) is 11.3. The highest BCUT2D eigenvalue weighted by Crippen LogP contribution is 2.21. The van der Waals surface area contributed by atoms with Gasteiger partial charge in [-0.2, -0.15) is 9.97 Å². The second-order valence-corrected chi connectivity index (χ2v) is 5.29. The summed E-state index contributed by atoms with van der Waals surface area (Å²) in [5.74, 6) is 1.86. The lowest BCUT2D eigenvalue weighted by Crippen LogP contribution is -2.22. The molecule has 0 radical (unpaired) electrons. The van der Waals surface area contributed by atoms with E-state index in [-0.39, 0.29) is 5.41 Å². The molecular formula is C13H25N5. The standard InChI is InChI=1S/C13H25N5/c1-5-7-15-10-8-11(18-12(14)17-10)16-9-13(3,4)6-2/h8H,5-7,9H2,1-4H3,(H4,14,15,16,17,18). The number of nitrogens with one attached hydrogen (secondary N) is 2. The van der Waals surface area contributed by atoms with Crippen LogP contribution in [0, 0.1) is 5.41 Å². The van der Waals surface area contributed by atoms with Crippen LogP contribution in [0.25, 0.3) is 0 Å². The van der Waals surface area contributed by atoms with Crippen LogP contribution < -0.4 is 16.4 Å². The highest BCUT2D eigenvalue weighted by molar-refractivity contribution is 5.51. The van der Waals surface area contributed by atoms with Gasteiger partial charge in [-0.05, 0) is 18.3 Å². The molecule has 0 saturated carbocycles. The second-order valence-electron chi connectivity index (χ2n) is 5.29. The van der Waals surface area contributed by atoms with Gasteiger partial charge in [0.2, 0.25) is 5.95 Å². The Hall–Kier alpha value is -1.52. The van der Waals surface area contributed by atoms with E-state index in [9.17, 15) is 0 Å². The first-order chi connectivity index (χ1) is 8.46. The second kappa shape index (κ2) is 6.42. The molecule has 1 heterocycles. The predicted molar refractivity (Wildman–Crippen MR) is 77.8 cm³/mol. The lowest BCUT2D eigenvalue weighted by Gasteiger charge is -2.23. The maximum absolute atomic E-state index is 5.70. The fourth-order valence-corrected chi connectivity index (χ4v) is 1.35. The van der Waals surface area contributed by atoms with Crippen molar-refractivity contribution in [3.63, 3.8) is 0 Å². The molecule has 0 bridgehead atoms. The van der Waals surface area contributed by atoms with E-state index in [0.29, 0.717) is 5.95 Å². The molecule has 1 aromatic heterocycles. The molecule has 18 heavy (non-hydrogen) atoms. The van der Waals surface area contributed by atoms with E-state index >= 15 is 0 Å². The van der Waals surface area contributed by atoms with Crippen molar-refractivity contribution in [2.45, 2.75) is 40.5 Å². The molecule has 102 valence electrons. The van der Waals surface area contributed by atoms with E-state index in [1.165, 1.54) is 0 Å². The van der Waals surface area contributed by atoms with Gasteiger partial charge in [0.1, 0.15) is 11.6 Å². The van der Waals surface area contributed by atoms with Gasteiger partial charge in [-0.15, -0.1) is 0 Å². The summed E-state index contributed by atoms with van der Waals surface area (Å²) in [5.41, 5.74) is 5.95. The quantitative estimate of drug-likeness (QED) is 0.694. The molecule has 0 saturated heterocycles. The van der Waals surface area contributed by atoms with Gasteiger partial charge in [-0.1, -0.05) is 27.7 Å². The summed E-state index contributed by atoms with van der Waals surface area (Å²) in [6, 6.07) is 1.90. The smallest absolute Gasteiger partial charge is 0.223 e. The van der Waals surface area contributed by atoms with Crippen molar-refractivity contribution >= 4 is 17.6 Å². The van der Waals surface area contributed by atoms with Gasteiger partial charge < -0.3 is 16.4 Å². The Morgan fingerprint density at radius 3 is 2.33 bits per heavy atom. The highest BCUT2D eigenvalue weighted by Gasteiger charge is 2.15. The summed E-state index contributed by atoms with van der Waals surface area (Å²) >= 11 is 0. The van der Waals surface area contributed by atoms with Gasteiger partial charge in [0.05, 0.1) is 0 Å². The summed E-state index contributed by atoms with van der Waals surface area (Å²) in [7, 11) is 0. The van der Waals surface area contributed by atoms with Crippen LogP contribution in [0.15, 0.2) is 6.07 Å². The van der Waals surface area contributed by atoms with Gasteiger partial charge in [-0.25, -0.2) is 0 Å². The molecule has 0 fully saturated rings. The third kappa shape index (κ3) is 4.77. The number of rotatable bonds is 7. The Kier molecular flexibility index (Phi) is 5.19. The van der Waals surface area contributed by atoms with Crippen LogP contribution in [0.4, 0.5) is 17.6 Å². The average molecular weight is 251 g/mol. The highest BCUT2D eigenvalue weighted by atomic mass is 15.1. The maximum Gasteiger partial charge on any atom is 0.223 e. The fourth-order valence-electron chi connectivity index (χ4n) is 1.35. The van der Waals surface area contributed by atoms with E-state index in [4.69, 9.17) is 5.73 Å². The Labute approximate surface area is 110 Å². The van der Waals surface area contributed by atoms with Crippen molar-refractivity contribution < 1.29 is 0 Å². The largest absolute Gasteiger partial charge is 0.370 e. The Balaban J connectivity index is 2.68. The molecule has 0 atom stereocenters. The number of anilines is 3.